The quantitative estimate of drug-likeness (QED) is 0.613. The highest BCUT2D eigenvalue weighted by atomic mass is 16.7. The van der Waals surface area contributed by atoms with Crippen molar-refractivity contribution in [2.45, 2.75) is 6.92 Å². The van der Waals surface area contributed by atoms with Crippen LogP contribution in [-0.2, 0) is 4.74 Å². The van der Waals surface area contributed by atoms with E-state index < -0.39 is 0 Å². The van der Waals surface area contributed by atoms with Gasteiger partial charge in [-0.2, -0.15) is 10.4 Å². The Morgan fingerprint density at radius 2 is 1.93 bits per heavy atom. The summed E-state index contributed by atoms with van der Waals surface area (Å²) in [6, 6.07) is 7.53. The van der Waals surface area contributed by atoms with Gasteiger partial charge in [0, 0.05) is 13.2 Å². The van der Waals surface area contributed by atoms with Crippen LogP contribution in [0.2, 0.25) is 0 Å². The summed E-state index contributed by atoms with van der Waals surface area (Å²) in [4.78, 5) is 8.08. The summed E-state index contributed by atoms with van der Waals surface area (Å²) in [6.07, 6.45) is 2.85. The zero-order valence-corrected chi connectivity index (χ0v) is 15.1. The van der Waals surface area contributed by atoms with E-state index in [1.807, 2.05) is 25.1 Å². The first-order valence-electron chi connectivity index (χ1n) is 8.00. The van der Waals surface area contributed by atoms with Gasteiger partial charge in [0.05, 0.1) is 30.8 Å². The molecule has 0 aliphatic carbocycles. The van der Waals surface area contributed by atoms with Crippen molar-refractivity contribution in [3.05, 3.63) is 41.9 Å². The largest absolute Gasteiger partial charge is 0.496 e. The van der Waals surface area contributed by atoms with Gasteiger partial charge in [-0.05, 0) is 24.6 Å². The van der Waals surface area contributed by atoms with Crippen molar-refractivity contribution in [3.63, 3.8) is 0 Å². The molecule has 2 N–H and O–H groups in total. The minimum Gasteiger partial charge on any atom is -0.496 e. The Kier molecular flexibility index (Phi) is 5.49. The van der Waals surface area contributed by atoms with Gasteiger partial charge in [0.25, 0.3) is 0 Å². The summed E-state index contributed by atoms with van der Waals surface area (Å²) in [5, 5.41) is 19.0. The molecule has 0 saturated carbocycles. The van der Waals surface area contributed by atoms with E-state index >= 15 is 0 Å². The first-order valence-corrected chi connectivity index (χ1v) is 8.00. The molecule has 0 bridgehead atoms. The Morgan fingerprint density at radius 3 is 2.59 bits per heavy atom. The molecule has 0 radical (unpaired) electrons. The zero-order chi connectivity index (χ0) is 19.2. The second kappa shape index (κ2) is 8.16. The Labute approximate surface area is 155 Å². The maximum absolute atomic E-state index is 8.78. The molecule has 0 fully saturated rings. The SMILES string of the molecule is COCOc1cc(C)cc(OC)c1-c1cc(Nc2cnc(C#N)cn2)n[nH]1. The van der Waals surface area contributed by atoms with Crippen LogP contribution in [-0.4, -0.2) is 41.2 Å². The fourth-order valence-electron chi connectivity index (χ4n) is 2.48. The minimum absolute atomic E-state index is 0.111. The summed E-state index contributed by atoms with van der Waals surface area (Å²) in [5.41, 5.74) is 2.66. The molecule has 0 aliphatic heterocycles. The Bertz CT molecular complexity index is 962. The molecule has 27 heavy (non-hydrogen) atoms. The number of aryl methyl sites for hydroxylation is 1. The minimum atomic E-state index is 0.111. The van der Waals surface area contributed by atoms with Crippen LogP contribution in [0, 0.1) is 18.3 Å². The van der Waals surface area contributed by atoms with E-state index in [1.54, 1.807) is 20.3 Å². The molecule has 3 aromatic rings. The van der Waals surface area contributed by atoms with E-state index in [9.17, 15) is 0 Å². The third kappa shape index (κ3) is 4.13. The molecule has 9 heteroatoms. The predicted octanol–water partition coefficient (Wildman–Crippen LogP) is 2.78. The van der Waals surface area contributed by atoms with E-state index in [1.165, 1.54) is 12.4 Å². The fourth-order valence-corrected chi connectivity index (χ4v) is 2.48. The van der Waals surface area contributed by atoms with Crippen molar-refractivity contribution in [1.82, 2.24) is 20.2 Å². The van der Waals surface area contributed by atoms with Gasteiger partial charge in [0.15, 0.2) is 18.3 Å². The molecule has 9 nitrogen and oxygen atoms in total. The van der Waals surface area contributed by atoms with E-state index in [-0.39, 0.29) is 12.5 Å². The van der Waals surface area contributed by atoms with Crippen molar-refractivity contribution in [2.24, 2.45) is 0 Å². The van der Waals surface area contributed by atoms with Crippen molar-refractivity contribution in [3.8, 4) is 28.8 Å². The second-order valence-corrected chi connectivity index (χ2v) is 5.58. The lowest BCUT2D eigenvalue weighted by Gasteiger charge is -2.14. The van der Waals surface area contributed by atoms with Gasteiger partial charge < -0.3 is 19.5 Å². The average molecular weight is 366 g/mol. The standard InChI is InChI=1S/C18H18N6O3/c1-11-4-14(26-3)18(15(5-11)27-10-25-2)13-6-16(24-23-13)22-17-9-20-12(7-19)8-21-17/h4-6,8-9H,10H2,1-3H3,(H2,21,22,23,24). The number of nitrogens with one attached hydrogen (secondary N) is 2. The third-order valence-electron chi connectivity index (χ3n) is 3.63. The number of aromatic amines is 1. The van der Waals surface area contributed by atoms with Gasteiger partial charge in [0.1, 0.15) is 23.4 Å². The zero-order valence-electron chi connectivity index (χ0n) is 15.1. The number of aromatic nitrogens is 4. The number of anilines is 2. The summed E-state index contributed by atoms with van der Waals surface area (Å²) < 4.78 is 16.2. The maximum Gasteiger partial charge on any atom is 0.188 e. The predicted molar refractivity (Wildman–Crippen MR) is 97.8 cm³/mol. The van der Waals surface area contributed by atoms with Gasteiger partial charge in [-0.25, -0.2) is 9.97 Å². The van der Waals surface area contributed by atoms with Crippen molar-refractivity contribution in [1.29, 1.82) is 5.26 Å². The molecular weight excluding hydrogens is 348 g/mol. The molecule has 0 aliphatic rings. The fraction of sp³-hybridized carbons (Fsp3) is 0.222. The van der Waals surface area contributed by atoms with Crippen molar-refractivity contribution in [2.75, 3.05) is 26.3 Å². The second-order valence-electron chi connectivity index (χ2n) is 5.58. The average Bonchev–Trinajstić information content (AvgIpc) is 3.14. The van der Waals surface area contributed by atoms with Gasteiger partial charge in [-0.1, -0.05) is 0 Å². The summed E-state index contributed by atoms with van der Waals surface area (Å²) >= 11 is 0. The number of rotatable bonds is 7. The molecule has 1 aromatic carbocycles. The molecule has 0 unspecified atom stereocenters. The Morgan fingerprint density at radius 1 is 1.11 bits per heavy atom. The van der Waals surface area contributed by atoms with Crippen LogP contribution in [0.15, 0.2) is 30.6 Å². The molecular formula is C18H18N6O3. The highest BCUT2D eigenvalue weighted by Gasteiger charge is 2.17. The van der Waals surface area contributed by atoms with Crippen LogP contribution in [0.4, 0.5) is 11.6 Å². The monoisotopic (exact) mass is 366 g/mol. The number of benzene rings is 1. The van der Waals surface area contributed by atoms with Crippen LogP contribution in [0.1, 0.15) is 11.3 Å². The van der Waals surface area contributed by atoms with Crippen molar-refractivity contribution < 1.29 is 14.2 Å². The molecule has 0 saturated heterocycles. The Balaban J connectivity index is 1.91. The lowest BCUT2D eigenvalue weighted by atomic mass is 10.1. The summed E-state index contributed by atoms with van der Waals surface area (Å²) in [7, 11) is 3.16. The number of nitrogens with zero attached hydrogens (tertiary/aromatic N) is 4. The van der Waals surface area contributed by atoms with Gasteiger partial charge in [-0.3, -0.25) is 5.10 Å². The molecule has 138 valence electrons. The molecule has 0 spiro atoms. The summed E-state index contributed by atoms with van der Waals surface area (Å²) in [5.74, 6) is 2.26. The normalized spacial score (nSPS) is 10.3. The molecule has 2 aromatic heterocycles. The van der Waals surface area contributed by atoms with Gasteiger partial charge in [0.2, 0.25) is 0 Å². The topological polar surface area (TPSA) is 118 Å². The smallest absolute Gasteiger partial charge is 0.188 e. The van der Waals surface area contributed by atoms with E-state index in [0.29, 0.717) is 28.8 Å². The summed E-state index contributed by atoms with van der Waals surface area (Å²) in [6.45, 7) is 2.06. The van der Waals surface area contributed by atoms with Crippen LogP contribution in [0.3, 0.4) is 0 Å². The number of hydrogen-bond donors (Lipinski definition) is 2. The van der Waals surface area contributed by atoms with Gasteiger partial charge in [-0.15, -0.1) is 0 Å². The molecule has 2 heterocycles. The molecule has 0 amide bonds. The van der Waals surface area contributed by atoms with Crippen LogP contribution < -0.4 is 14.8 Å². The maximum atomic E-state index is 8.78. The van der Waals surface area contributed by atoms with Crippen LogP contribution >= 0.6 is 0 Å². The van der Waals surface area contributed by atoms with E-state index in [4.69, 9.17) is 19.5 Å². The number of methoxy groups -OCH3 is 2. The van der Waals surface area contributed by atoms with E-state index in [2.05, 4.69) is 25.5 Å². The first kappa shape index (κ1) is 18.2. The van der Waals surface area contributed by atoms with Crippen LogP contribution in [0.5, 0.6) is 11.5 Å². The number of ether oxygens (including phenoxy) is 3. The Hall–Kier alpha value is -3.64. The first-order chi connectivity index (χ1) is 13.1. The van der Waals surface area contributed by atoms with Gasteiger partial charge >= 0.3 is 0 Å². The number of H-pyrrole nitrogens is 1. The lowest BCUT2D eigenvalue weighted by molar-refractivity contribution is 0.0513. The highest BCUT2D eigenvalue weighted by Crippen LogP contribution is 2.39. The molecule has 3 rings (SSSR count). The molecule has 0 atom stereocenters. The number of hydrogen-bond acceptors (Lipinski definition) is 8. The van der Waals surface area contributed by atoms with E-state index in [0.717, 1.165) is 11.1 Å². The van der Waals surface area contributed by atoms with Crippen LogP contribution in [0.25, 0.3) is 11.3 Å². The number of nitriles is 1. The highest BCUT2D eigenvalue weighted by molar-refractivity contribution is 5.77. The van der Waals surface area contributed by atoms with Crippen molar-refractivity contribution >= 4 is 11.6 Å². The lowest BCUT2D eigenvalue weighted by Crippen LogP contribution is -2.02. The third-order valence-corrected chi connectivity index (χ3v) is 3.63.